The Morgan fingerprint density at radius 2 is 2.06 bits per heavy atom. The molecule has 3 atom stereocenters. The second-order valence-electron chi connectivity index (χ2n) is 9.48. The van der Waals surface area contributed by atoms with Crippen LogP contribution in [-0.4, -0.2) is 51.3 Å². The van der Waals surface area contributed by atoms with Gasteiger partial charge in [-0.05, 0) is 55.9 Å². The third-order valence-corrected chi connectivity index (χ3v) is 7.58. The number of anilines is 1. The number of ether oxygens (including phenoxy) is 1. The van der Waals surface area contributed by atoms with Crippen LogP contribution in [0.4, 0.5) is 5.69 Å². The predicted molar refractivity (Wildman–Crippen MR) is 117 cm³/mol. The highest BCUT2D eigenvalue weighted by Crippen LogP contribution is 2.49. The van der Waals surface area contributed by atoms with Crippen LogP contribution in [0.1, 0.15) is 37.4 Å². The van der Waals surface area contributed by atoms with Gasteiger partial charge < -0.3 is 14.6 Å². The van der Waals surface area contributed by atoms with Crippen LogP contribution < -0.4 is 4.90 Å². The predicted octanol–water partition coefficient (Wildman–Crippen LogP) is 3.11. The molecule has 0 spiro atoms. The Labute approximate surface area is 180 Å². The van der Waals surface area contributed by atoms with E-state index >= 15 is 0 Å². The zero-order valence-electron chi connectivity index (χ0n) is 18.0. The van der Waals surface area contributed by atoms with E-state index in [-0.39, 0.29) is 11.8 Å². The molecule has 3 aromatic rings. The first kappa shape index (κ1) is 19.0. The Hall–Kier alpha value is -2.74. The van der Waals surface area contributed by atoms with E-state index in [0.29, 0.717) is 11.6 Å². The quantitative estimate of drug-likeness (QED) is 0.676. The first-order chi connectivity index (χ1) is 15.1. The van der Waals surface area contributed by atoms with Gasteiger partial charge in [0.25, 0.3) is 0 Å². The van der Waals surface area contributed by atoms with Crippen molar-refractivity contribution in [2.45, 2.75) is 39.0 Å². The zero-order chi connectivity index (χ0) is 21.1. The number of hydrogen-bond donors (Lipinski definition) is 2. The molecule has 6 rings (SSSR count). The van der Waals surface area contributed by atoms with Crippen molar-refractivity contribution >= 4 is 22.8 Å². The van der Waals surface area contributed by atoms with Gasteiger partial charge in [0, 0.05) is 37.4 Å². The van der Waals surface area contributed by atoms with Crippen molar-refractivity contribution in [2.24, 2.45) is 23.7 Å². The molecule has 3 unspecified atom stereocenters. The largest absolute Gasteiger partial charge is 0.381 e. The second kappa shape index (κ2) is 7.15. The fourth-order valence-corrected chi connectivity index (χ4v) is 5.36. The number of fused-ring (bicyclic) bond motifs is 3. The maximum atomic E-state index is 13.1. The van der Waals surface area contributed by atoms with E-state index in [4.69, 9.17) is 4.74 Å². The average Bonchev–Trinajstić information content (AvgIpc) is 3.24. The molecule has 1 saturated heterocycles. The first-order valence-electron chi connectivity index (χ1n) is 11.4. The topological polar surface area (TPSA) is 99.8 Å². The van der Waals surface area contributed by atoms with E-state index < -0.39 is 0 Å². The fourth-order valence-electron chi connectivity index (χ4n) is 5.36. The number of rotatable bonds is 4. The van der Waals surface area contributed by atoms with Crippen LogP contribution in [0.2, 0.25) is 0 Å². The van der Waals surface area contributed by atoms with Crippen LogP contribution in [0, 0.1) is 23.7 Å². The second-order valence-corrected chi connectivity index (χ2v) is 9.48. The normalized spacial score (nSPS) is 23.9. The number of aromatic nitrogens is 5. The molecule has 2 aliphatic carbocycles. The molecule has 3 aromatic heterocycles. The summed E-state index contributed by atoms with van der Waals surface area (Å²) >= 11 is 0. The van der Waals surface area contributed by atoms with Gasteiger partial charge in [0.1, 0.15) is 5.69 Å². The van der Waals surface area contributed by atoms with Gasteiger partial charge in [-0.1, -0.05) is 6.92 Å². The van der Waals surface area contributed by atoms with Crippen molar-refractivity contribution in [3.05, 3.63) is 23.5 Å². The molecule has 1 saturated carbocycles. The van der Waals surface area contributed by atoms with E-state index in [0.717, 1.165) is 73.5 Å². The molecule has 31 heavy (non-hydrogen) atoms. The smallest absolute Gasteiger partial charge is 0.229 e. The Morgan fingerprint density at radius 3 is 2.90 bits per heavy atom. The van der Waals surface area contributed by atoms with Crippen molar-refractivity contribution < 1.29 is 9.53 Å². The third kappa shape index (κ3) is 3.24. The first-order valence-corrected chi connectivity index (χ1v) is 11.4. The molecule has 0 aromatic carbocycles. The lowest BCUT2D eigenvalue weighted by atomic mass is 9.86. The molecule has 8 heteroatoms. The minimum Gasteiger partial charge on any atom is -0.381 e. The summed E-state index contributed by atoms with van der Waals surface area (Å²) in [6.07, 6.45) is 7.14. The number of carbonyl (C=O) groups excluding carboxylic acids is 1. The van der Waals surface area contributed by atoms with Crippen molar-refractivity contribution in [1.29, 1.82) is 0 Å². The fraction of sp³-hybridized carbons (Fsp3) is 0.565. The minimum absolute atomic E-state index is 0.0382. The zero-order valence-corrected chi connectivity index (χ0v) is 18.0. The minimum atomic E-state index is -0.0382. The van der Waals surface area contributed by atoms with Crippen molar-refractivity contribution in [2.75, 3.05) is 25.2 Å². The number of H-pyrrole nitrogens is 2. The summed E-state index contributed by atoms with van der Waals surface area (Å²) < 4.78 is 5.45. The number of carbonyl (C=O) groups is 1. The van der Waals surface area contributed by atoms with Crippen LogP contribution in [0.3, 0.4) is 0 Å². The van der Waals surface area contributed by atoms with Gasteiger partial charge in [-0.25, -0.2) is 9.97 Å². The number of imidazole rings is 1. The Balaban J connectivity index is 1.26. The van der Waals surface area contributed by atoms with Gasteiger partial charge in [-0.15, -0.1) is 0 Å². The number of nitrogens with one attached hydrogen (secondary N) is 2. The molecule has 0 bridgehead atoms. The van der Waals surface area contributed by atoms with Crippen molar-refractivity contribution in [3.8, 4) is 11.5 Å². The Bertz CT molecular complexity index is 1140. The monoisotopic (exact) mass is 420 g/mol. The number of nitrogens with zero attached hydrogens (tertiary/aromatic N) is 4. The molecule has 2 N–H and O–H groups in total. The lowest BCUT2D eigenvalue weighted by molar-refractivity contribution is -0.124. The molecule has 3 aliphatic rings. The summed E-state index contributed by atoms with van der Waals surface area (Å²) in [6, 6.07) is 1.96. The van der Waals surface area contributed by atoms with Gasteiger partial charge in [0.05, 0.1) is 17.4 Å². The lowest BCUT2D eigenvalue weighted by Gasteiger charge is -2.30. The third-order valence-electron chi connectivity index (χ3n) is 7.58. The molecular formula is C23H28N6O2. The summed E-state index contributed by atoms with van der Waals surface area (Å²) in [5, 5.41) is 7.78. The van der Waals surface area contributed by atoms with Gasteiger partial charge in [-0.2, -0.15) is 5.10 Å². The maximum absolute atomic E-state index is 13.1. The summed E-state index contributed by atoms with van der Waals surface area (Å²) in [5.41, 5.74) is 5.72. The molecule has 4 heterocycles. The summed E-state index contributed by atoms with van der Waals surface area (Å²) in [4.78, 5) is 27.4. The maximum Gasteiger partial charge on any atom is 0.229 e. The lowest BCUT2D eigenvalue weighted by Crippen LogP contribution is -2.37. The van der Waals surface area contributed by atoms with E-state index in [1.165, 1.54) is 17.7 Å². The number of amides is 1. The Morgan fingerprint density at radius 1 is 1.26 bits per heavy atom. The highest BCUT2D eigenvalue weighted by Gasteiger charge is 2.43. The van der Waals surface area contributed by atoms with E-state index in [2.05, 4.69) is 25.1 Å². The highest BCUT2D eigenvalue weighted by molar-refractivity contribution is 5.95. The summed E-state index contributed by atoms with van der Waals surface area (Å²) in [5.74, 6) is 2.86. The van der Waals surface area contributed by atoms with Crippen molar-refractivity contribution in [3.63, 3.8) is 0 Å². The number of pyridine rings is 1. The van der Waals surface area contributed by atoms with Crippen LogP contribution in [0.25, 0.3) is 22.7 Å². The Kier molecular flexibility index (Phi) is 4.38. The molecule has 1 amide bonds. The van der Waals surface area contributed by atoms with Gasteiger partial charge in [-0.3, -0.25) is 9.89 Å². The average molecular weight is 421 g/mol. The van der Waals surface area contributed by atoms with Gasteiger partial charge in [0.2, 0.25) is 5.91 Å². The summed E-state index contributed by atoms with van der Waals surface area (Å²) in [7, 11) is 1.83. The van der Waals surface area contributed by atoms with Gasteiger partial charge in [0.15, 0.2) is 11.5 Å². The summed E-state index contributed by atoms with van der Waals surface area (Å²) in [6.45, 7) is 3.52. The standard InChI is InChI=1S/C23H28N6O2/c1-12(13-3-5-31-6-4-13)23(30)29(2)16-10-19-21(24-11-16)26-22(25-19)20-17-8-14-7-15(14)9-18(17)27-28-20/h10-15H,3-9H2,1-2H3,(H,27,28)(H,24,25,26). The van der Waals surface area contributed by atoms with E-state index in [1.807, 2.05) is 20.0 Å². The molecular weight excluding hydrogens is 392 g/mol. The molecule has 1 aliphatic heterocycles. The SMILES string of the molecule is CC(C(=O)N(C)c1cnc2nc(-c3n[nH]c4c3CC3CC3C4)[nH]c2c1)C1CCOCC1. The number of hydrogen-bond acceptors (Lipinski definition) is 5. The van der Waals surface area contributed by atoms with Crippen LogP contribution in [0.15, 0.2) is 12.3 Å². The van der Waals surface area contributed by atoms with Crippen LogP contribution >= 0.6 is 0 Å². The van der Waals surface area contributed by atoms with Gasteiger partial charge >= 0.3 is 0 Å². The molecule has 0 radical (unpaired) electrons. The molecule has 162 valence electrons. The van der Waals surface area contributed by atoms with E-state index in [9.17, 15) is 4.79 Å². The number of aromatic amines is 2. The molecule has 2 fully saturated rings. The van der Waals surface area contributed by atoms with Crippen LogP contribution in [0.5, 0.6) is 0 Å². The molecule has 8 nitrogen and oxygen atoms in total. The highest BCUT2D eigenvalue weighted by atomic mass is 16.5. The van der Waals surface area contributed by atoms with Crippen LogP contribution in [-0.2, 0) is 22.4 Å². The van der Waals surface area contributed by atoms with Crippen molar-refractivity contribution in [1.82, 2.24) is 25.1 Å². The van der Waals surface area contributed by atoms with E-state index in [1.54, 1.807) is 11.1 Å².